The number of benzene rings is 2. The molecule has 0 fully saturated rings. The summed E-state index contributed by atoms with van der Waals surface area (Å²) in [6.45, 7) is 3.68. The van der Waals surface area contributed by atoms with Crippen LogP contribution in [0.3, 0.4) is 0 Å². The van der Waals surface area contributed by atoms with Crippen LogP contribution in [-0.2, 0) is 22.7 Å². The predicted molar refractivity (Wildman–Crippen MR) is 92.1 cm³/mol. The third kappa shape index (κ3) is 5.59. The summed E-state index contributed by atoms with van der Waals surface area (Å²) in [7, 11) is 1.57. The van der Waals surface area contributed by atoms with Crippen LogP contribution in [-0.4, -0.2) is 26.2 Å². The van der Waals surface area contributed by atoms with Gasteiger partial charge in [0.05, 0.1) is 13.7 Å². The minimum Gasteiger partial charge on any atom is -0.493 e. The van der Waals surface area contributed by atoms with Crippen LogP contribution in [0.1, 0.15) is 18.1 Å². The summed E-state index contributed by atoms with van der Waals surface area (Å²) < 4.78 is 16.0. The molecule has 0 radical (unpaired) electrons. The Morgan fingerprint density at radius 3 is 2.33 bits per heavy atom. The molecule has 1 N–H and O–H groups in total. The van der Waals surface area contributed by atoms with Gasteiger partial charge in [0, 0.05) is 13.2 Å². The Morgan fingerprint density at radius 2 is 1.67 bits per heavy atom. The molecule has 0 heterocycles. The number of hydrogen-bond donors (Lipinski definition) is 1. The number of carbonyl (C=O) groups is 1. The second-order valence-corrected chi connectivity index (χ2v) is 5.17. The average molecular weight is 329 g/mol. The number of methoxy groups -OCH3 is 1. The van der Waals surface area contributed by atoms with E-state index in [1.165, 1.54) is 0 Å². The molecule has 0 aromatic heterocycles. The maximum atomic E-state index is 11.9. The molecule has 128 valence electrons. The molecular weight excluding hydrogens is 306 g/mol. The number of amides is 1. The van der Waals surface area contributed by atoms with E-state index in [-0.39, 0.29) is 12.5 Å². The standard InChI is InChI=1S/C19H23NO4/c1-3-23-13-16-10-8-15(9-11-16)12-20-19(21)14-24-18-7-5-4-6-17(18)22-2/h4-11H,3,12-14H2,1-2H3,(H,20,21). The van der Waals surface area contributed by atoms with Gasteiger partial charge in [-0.05, 0) is 30.2 Å². The topological polar surface area (TPSA) is 56.8 Å². The Balaban J connectivity index is 1.76. The summed E-state index contributed by atoms with van der Waals surface area (Å²) in [6.07, 6.45) is 0. The fraction of sp³-hybridized carbons (Fsp3) is 0.316. The van der Waals surface area contributed by atoms with E-state index in [0.717, 1.165) is 11.1 Å². The van der Waals surface area contributed by atoms with Gasteiger partial charge in [0.2, 0.25) is 0 Å². The molecule has 2 aromatic carbocycles. The zero-order valence-corrected chi connectivity index (χ0v) is 14.1. The Labute approximate surface area is 142 Å². The molecule has 5 nitrogen and oxygen atoms in total. The summed E-state index contributed by atoms with van der Waals surface area (Å²) >= 11 is 0. The molecule has 0 atom stereocenters. The van der Waals surface area contributed by atoms with Gasteiger partial charge in [-0.15, -0.1) is 0 Å². The molecule has 1 amide bonds. The molecule has 5 heteroatoms. The van der Waals surface area contributed by atoms with Gasteiger partial charge in [0.15, 0.2) is 18.1 Å². The van der Waals surface area contributed by atoms with Crippen LogP contribution in [0.4, 0.5) is 0 Å². The number of nitrogens with one attached hydrogen (secondary N) is 1. The fourth-order valence-electron chi connectivity index (χ4n) is 2.11. The molecular formula is C19H23NO4. The zero-order chi connectivity index (χ0) is 17.2. The molecule has 24 heavy (non-hydrogen) atoms. The first kappa shape index (κ1) is 17.8. The van der Waals surface area contributed by atoms with Crippen molar-refractivity contribution in [1.29, 1.82) is 0 Å². The highest BCUT2D eigenvalue weighted by Crippen LogP contribution is 2.25. The van der Waals surface area contributed by atoms with Crippen molar-refractivity contribution in [2.45, 2.75) is 20.1 Å². The molecule has 0 aliphatic heterocycles. The monoisotopic (exact) mass is 329 g/mol. The summed E-state index contributed by atoms with van der Waals surface area (Å²) in [5.74, 6) is 0.977. The van der Waals surface area contributed by atoms with Crippen LogP contribution in [0.5, 0.6) is 11.5 Å². The van der Waals surface area contributed by atoms with E-state index in [4.69, 9.17) is 14.2 Å². The number of rotatable bonds is 9. The van der Waals surface area contributed by atoms with Crippen molar-refractivity contribution in [2.24, 2.45) is 0 Å². The number of ether oxygens (including phenoxy) is 3. The summed E-state index contributed by atoms with van der Waals surface area (Å²) in [6, 6.07) is 15.2. The van der Waals surface area contributed by atoms with Gasteiger partial charge in [-0.3, -0.25) is 4.79 Å². The van der Waals surface area contributed by atoms with Gasteiger partial charge in [-0.1, -0.05) is 36.4 Å². The van der Waals surface area contributed by atoms with Crippen LogP contribution >= 0.6 is 0 Å². The second kappa shape index (κ2) is 9.57. The van der Waals surface area contributed by atoms with Gasteiger partial charge >= 0.3 is 0 Å². The second-order valence-electron chi connectivity index (χ2n) is 5.17. The third-order valence-electron chi connectivity index (χ3n) is 3.41. The van der Waals surface area contributed by atoms with Crippen molar-refractivity contribution in [2.75, 3.05) is 20.3 Å². The molecule has 0 saturated carbocycles. The fourth-order valence-corrected chi connectivity index (χ4v) is 2.11. The lowest BCUT2D eigenvalue weighted by Crippen LogP contribution is -2.28. The Hall–Kier alpha value is -2.53. The van der Waals surface area contributed by atoms with Crippen LogP contribution in [0.15, 0.2) is 48.5 Å². The Kier molecular flexibility index (Phi) is 7.11. The van der Waals surface area contributed by atoms with Crippen molar-refractivity contribution in [3.8, 4) is 11.5 Å². The van der Waals surface area contributed by atoms with Gasteiger partial charge in [-0.25, -0.2) is 0 Å². The van der Waals surface area contributed by atoms with Gasteiger partial charge in [-0.2, -0.15) is 0 Å². The van der Waals surface area contributed by atoms with E-state index in [9.17, 15) is 4.79 Å². The summed E-state index contributed by atoms with van der Waals surface area (Å²) in [4.78, 5) is 11.9. The van der Waals surface area contributed by atoms with E-state index in [1.807, 2.05) is 43.3 Å². The average Bonchev–Trinajstić information content (AvgIpc) is 2.64. The first-order valence-electron chi connectivity index (χ1n) is 7.91. The highest BCUT2D eigenvalue weighted by Gasteiger charge is 2.06. The van der Waals surface area contributed by atoms with Crippen molar-refractivity contribution in [1.82, 2.24) is 5.32 Å². The Morgan fingerprint density at radius 1 is 1.00 bits per heavy atom. The molecule has 0 saturated heterocycles. The molecule has 2 aromatic rings. The van der Waals surface area contributed by atoms with Gasteiger partial charge in [0.1, 0.15) is 0 Å². The summed E-state index contributed by atoms with van der Waals surface area (Å²) in [5.41, 5.74) is 2.15. The molecule has 0 aliphatic carbocycles. The largest absolute Gasteiger partial charge is 0.493 e. The van der Waals surface area contributed by atoms with Crippen molar-refractivity contribution < 1.29 is 19.0 Å². The summed E-state index contributed by atoms with van der Waals surface area (Å²) in [5, 5.41) is 2.83. The normalized spacial score (nSPS) is 10.2. The smallest absolute Gasteiger partial charge is 0.258 e. The molecule has 2 rings (SSSR count). The van der Waals surface area contributed by atoms with E-state index in [0.29, 0.717) is 31.3 Å². The minimum atomic E-state index is -0.181. The maximum Gasteiger partial charge on any atom is 0.258 e. The Bertz CT molecular complexity index is 640. The predicted octanol–water partition coefficient (Wildman–Crippen LogP) is 2.93. The quantitative estimate of drug-likeness (QED) is 0.768. The molecule has 0 aliphatic rings. The van der Waals surface area contributed by atoms with Crippen LogP contribution < -0.4 is 14.8 Å². The highest BCUT2D eigenvalue weighted by molar-refractivity contribution is 5.77. The van der Waals surface area contributed by atoms with E-state index in [1.54, 1.807) is 19.2 Å². The number of carbonyl (C=O) groups excluding carboxylic acids is 1. The van der Waals surface area contributed by atoms with Gasteiger partial charge in [0.25, 0.3) is 5.91 Å². The zero-order valence-electron chi connectivity index (χ0n) is 14.1. The first-order chi connectivity index (χ1) is 11.7. The lowest BCUT2D eigenvalue weighted by atomic mass is 10.1. The third-order valence-corrected chi connectivity index (χ3v) is 3.41. The number of hydrogen-bond acceptors (Lipinski definition) is 4. The van der Waals surface area contributed by atoms with Crippen LogP contribution in [0.2, 0.25) is 0 Å². The minimum absolute atomic E-state index is 0.0528. The lowest BCUT2D eigenvalue weighted by molar-refractivity contribution is -0.123. The van der Waals surface area contributed by atoms with Crippen molar-refractivity contribution >= 4 is 5.91 Å². The van der Waals surface area contributed by atoms with Crippen LogP contribution in [0, 0.1) is 0 Å². The first-order valence-corrected chi connectivity index (χ1v) is 7.91. The van der Waals surface area contributed by atoms with E-state index < -0.39 is 0 Å². The van der Waals surface area contributed by atoms with Crippen molar-refractivity contribution in [3.63, 3.8) is 0 Å². The van der Waals surface area contributed by atoms with E-state index >= 15 is 0 Å². The maximum absolute atomic E-state index is 11.9. The molecule has 0 bridgehead atoms. The highest BCUT2D eigenvalue weighted by atomic mass is 16.5. The SMILES string of the molecule is CCOCc1ccc(CNC(=O)COc2ccccc2OC)cc1. The molecule has 0 unspecified atom stereocenters. The number of para-hydroxylation sites is 2. The van der Waals surface area contributed by atoms with Gasteiger partial charge < -0.3 is 19.5 Å². The van der Waals surface area contributed by atoms with Crippen molar-refractivity contribution in [3.05, 3.63) is 59.7 Å². The lowest BCUT2D eigenvalue weighted by Gasteiger charge is -2.10. The molecule has 0 spiro atoms. The van der Waals surface area contributed by atoms with E-state index in [2.05, 4.69) is 5.32 Å². The van der Waals surface area contributed by atoms with Crippen LogP contribution in [0.25, 0.3) is 0 Å².